The number of hydrogen-bond donors (Lipinski definition) is 1. The summed E-state index contributed by atoms with van der Waals surface area (Å²) in [6.45, 7) is 16.8. The summed E-state index contributed by atoms with van der Waals surface area (Å²) in [5, 5.41) is 5.92. The molecule has 3 aliphatic rings. The molecule has 2 aromatic heterocycles. The zero-order valence-electron chi connectivity index (χ0n) is 46.7. The summed E-state index contributed by atoms with van der Waals surface area (Å²) in [6, 6.07) is 45.6. The number of nitrogens with zero attached hydrogens (tertiary/aromatic N) is 8. The van der Waals surface area contributed by atoms with Crippen LogP contribution in [0.5, 0.6) is 0 Å². The van der Waals surface area contributed by atoms with E-state index >= 15 is 0 Å². The van der Waals surface area contributed by atoms with E-state index < -0.39 is 0 Å². The Morgan fingerprint density at radius 2 is 1.26 bits per heavy atom. The van der Waals surface area contributed by atoms with E-state index in [4.69, 9.17) is 15.7 Å². The number of anilines is 5. The Bertz CT molecular complexity index is 3470. The van der Waals surface area contributed by atoms with Gasteiger partial charge in [0.15, 0.2) is 10.3 Å². The molecule has 81 heavy (non-hydrogen) atoms. The normalized spacial score (nSPS) is 16.8. The highest BCUT2D eigenvalue weighted by atomic mass is 32.2. The van der Waals surface area contributed by atoms with Crippen molar-refractivity contribution in [3.8, 4) is 0 Å². The maximum atomic E-state index is 14.5. The minimum atomic E-state index is -0.370. The lowest BCUT2D eigenvalue weighted by Gasteiger charge is -2.32. The van der Waals surface area contributed by atoms with Gasteiger partial charge in [0.25, 0.3) is 17.7 Å². The van der Waals surface area contributed by atoms with E-state index in [1.54, 1.807) is 61.3 Å². The van der Waals surface area contributed by atoms with Crippen molar-refractivity contribution in [1.29, 1.82) is 0 Å². The van der Waals surface area contributed by atoms with Crippen LogP contribution in [0.15, 0.2) is 168 Å². The average Bonchev–Trinajstić information content (AvgIpc) is 4.19. The van der Waals surface area contributed by atoms with Crippen LogP contribution in [0.2, 0.25) is 0 Å². The van der Waals surface area contributed by atoms with Crippen molar-refractivity contribution in [3.63, 3.8) is 0 Å². The fourth-order valence-electron chi connectivity index (χ4n) is 10.4. The monoisotopic (exact) mass is 1140 g/mol. The van der Waals surface area contributed by atoms with Gasteiger partial charge < -0.3 is 35.1 Å². The third kappa shape index (κ3) is 13.1. The molecule has 416 valence electrons. The number of likely N-dealkylation sites (N-methyl/N-ethyl adjacent to an activating group) is 1. The lowest BCUT2D eigenvalue weighted by atomic mass is 9.88. The summed E-state index contributed by atoms with van der Waals surface area (Å²) < 4.78 is 14.2. The lowest BCUT2D eigenvalue weighted by Crippen LogP contribution is -2.44. The molecule has 0 aliphatic carbocycles. The molecule has 5 heterocycles. The summed E-state index contributed by atoms with van der Waals surface area (Å²) in [4.78, 5) is 65.7. The highest BCUT2D eigenvalue weighted by molar-refractivity contribution is 8.02. The number of aryl methyl sites for hydroxylation is 1. The number of carbonyl (C=O) groups excluding carboxylic acids is 3. The largest absolute Gasteiger partial charge is 0.400 e. The Morgan fingerprint density at radius 3 is 1.86 bits per heavy atom. The van der Waals surface area contributed by atoms with Crippen molar-refractivity contribution < 1.29 is 18.8 Å². The molecule has 3 amide bonds. The van der Waals surface area contributed by atoms with Gasteiger partial charge in [-0.2, -0.15) is 0 Å². The van der Waals surface area contributed by atoms with Crippen LogP contribution in [-0.4, -0.2) is 90.7 Å². The lowest BCUT2D eigenvalue weighted by molar-refractivity contribution is 0.0977. The fraction of sp³-hybridized carbons (Fsp3) is 0.277. The van der Waals surface area contributed by atoms with Crippen molar-refractivity contribution in [2.24, 2.45) is 5.73 Å². The number of piperazine rings is 1. The van der Waals surface area contributed by atoms with Crippen LogP contribution in [0, 0.1) is 12.7 Å². The standard InChI is InChI=1S/C65H68FN9O3S3/c1-7-71(8-2)65-69-55(42-80-65)39-74(62(77)50-11-9-43(3)10-12-50)57-27-21-47(22-28-57)44(4)46-13-17-51(18-14-46)61(76)73-38-54(67)41-79-45(5)60(49-23-29-56(73)30-24-49)48-15-19-52(20-16-48)63(78)75(58-31-25-53(66)26-32-58)40-59-37-68-64(81-59)72-35-33-70(6)34-36-72/h9-32,37,41-42,44-45,60H,7-8,33-36,38-40,67H2,1-6H3/b54-41-. The van der Waals surface area contributed by atoms with Crippen LogP contribution < -0.4 is 30.2 Å². The summed E-state index contributed by atoms with van der Waals surface area (Å²) in [5.74, 6) is -0.899. The molecule has 8 aromatic rings. The van der Waals surface area contributed by atoms with E-state index in [1.807, 2.05) is 121 Å². The van der Waals surface area contributed by atoms with Crippen LogP contribution in [0.3, 0.4) is 0 Å². The van der Waals surface area contributed by atoms with Crippen LogP contribution in [0.25, 0.3) is 0 Å². The topological polar surface area (TPSA) is 122 Å². The van der Waals surface area contributed by atoms with E-state index in [1.165, 1.54) is 12.1 Å². The molecule has 0 saturated carbocycles. The van der Waals surface area contributed by atoms with Gasteiger partial charge >= 0.3 is 0 Å². The molecular formula is C65H68FN9O3S3. The quantitative estimate of drug-likeness (QED) is 0.100. The number of nitrogens with two attached hydrogens (primary N) is 1. The van der Waals surface area contributed by atoms with E-state index in [9.17, 15) is 18.8 Å². The number of aromatic nitrogens is 2. The van der Waals surface area contributed by atoms with Crippen molar-refractivity contribution in [3.05, 3.63) is 229 Å². The van der Waals surface area contributed by atoms with Crippen molar-refractivity contribution in [2.45, 2.75) is 64.8 Å². The first kappa shape index (κ1) is 56.6. The van der Waals surface area contributed by atoms with Crippen LogP contribution in [-0.2, 0) is 13.1 Å². The first-order valence-electron chi connectivity index (χ1n) is 27.6. The van der Waals surface area contributed by atoms with E-state index in [2.05, 4.69) is 73.7 Å². The van der Waals surface area contributed by atoms with E-state index in [0.717, 1.165) is 99.3 Å². The molecule has 0 spiro atoms. The van der Waals surface area contributed by atoms with Gasteiger partial charge in [-0.25, -0.2) is 14.4 Å². The first-order valence-corrected chi connectivity index (χ1v) is 30.2. The van der Waals surface area contributed by atoms with Crippen LogP contribution in [0.4, 0.5) is 31.7 Å². The molecule has 6 aromatic carbocycles. The Labute approximate surface area is 487 Å². The highest BCUT2D eigenvalue weighted by Crippen LogP contribution is 2.38. The maximum Gasteiger partial charge on any atom is 0.258 e. The highest BCUT2D eigenvalue weighted by Gasteiger charge is 2.28. The van der Waals surface area contributed by atoms with Crippen molar-refractivity contribution in [1.82, 2.24) is 14.9 Å². The Balaban J connectivity index is 0.831. The van der Waals surface area contributed by atoms with Gasteiger partial charge in [0, 0.05) is 112 Å². The predicted octanol–water partition coefficient (Wildman–Crippen LogP) is 13.2. The van der Waals surface area contributed by atoms with Crippen molar-refractivity contribution >= 4 is 79.5 Å². The van der Waals surface area contributed by atoms with Gasteiger partial charge in [0.1, 0.15) is 5.82 Å². The van der Waals surface area contributed by atoms with Gasteiger partial charge in [-0.05, 0) is 140 Å². The number of hydrogen-bond acceptors (Lipinski definition) is 12. The second kappa shape index (κ2) is 25.4. The number of halogens is 1. The van der Waals surface area contributed by atoms with Gasteiger partial charge in [0.2, 0.25) is 0 Å². The molecule has 2 bridgehead atoms. The maximum absolute atomic E-state index is 14.5. The van der Waals surface area contributed by atoms with Crippen molar-refractivity contribution in [2.75, 3.05) is 77.4 Å². The Morgan fingerprint density at radius 1 is 0.716 bits per heavy atom. The van der Waals surface area contributed by atoms with Crippen LogP contribution in [0.1, 0.15) is 109 Å². The fourth-order valence-corrected chi connectivity index (χ4v) is 13.3. The van der Waals surface area contributed by atoms with Crippen LogP contribution >= 0.6 is 34.4 Å². The molecule has 1 fully saturated rings. The molecule has 3 unspecified atom stereocenters. The smallest absolute Gasteiger partial charge is 0.258 e. The molecule has 16 heteroatoms. The molecule has 1 saturated heterocycles. The third-order valence-electron chi connectivity index (χ3n) is 15.4. The first-order chi connectivity index (χ1) is 39.2. The molecule has 0 radical (unpaired) electrons. The minimum absolute atomic E-state index is 0.00136. The summed E-state index contributed by atoms with van der Waals surface area (Å²) >= 11 is 4.80. The predicted molar refractivity (Wildman–Crippen MR) is 332 cm³/mol. The van der Waals surface area contributed by atoms with Gasteiger partial charge in [-0.3, -0.25) is 14.4 Å². The molecule has 3 atom stereocenters. The number of rotatable bonds is 16. The van der Waals surface area contributed by atoms with E-state index in [-0.39, 0.29) is 47.2 Å². The molecule has 2 N–H and O–H groups in total. The zero-order chi connectivity index (χ0) is 56.7. The number of carbonyl (C=O) groups is 3. The molecule has 3 aliphatic heterocycles. The second-order valence-corrected chi connectivity index (χ2v) is 24.1. The van der Waals surface area contributed by atoms with E-state index in [0.29, 0.717) is 41.2 Å². The molecule has 11 rings (SSSR count). The SMILES string of the molecule is CCN(CC)c1nc(CN(C(=O)c2ccc(C)cc2)c2ccc(C(C)c3ccc(C(=O)N4C/C(N)=C/SC(C)C(c5ccc(C(=O)N(Cc6cnc(N7CCN(C)CC7)s6)c6ccc(F)cc6)cc5)c5ccc4cc5)cc3)cc2)cs1. The molecular weight excluding hydrogens is 1070 g/mol. The van der Waals surface area contributed by atoms with Gasteiger partial charge in [-0.15, -0.1) is 34.4 Å². The Kier molecular flexibility index (Phi) is 17.8. The van der Waals surface area contributed by atoms with Gasteiger partial charge in [0.05, 0.1) is 25.3 Å². The number of amides is 3. The third-order valence-corrected chi connectivity index (χ3v) is 18.5. The second-order valence-electron chi connectivity index (χ2n) is 20.9. The number of thiazole rings is 2. The average molecular weight is 1140 g/mol. The summed E-state index contributed by atoms with van der Waals surface area (Å²) in [7, 11) is 2.12. The zero-order valence-corrected chi connectivity index (χ0v) is 49.1. The molecule has 12 nitrogen and oxygen atoms in total. The summed E-state index contributed by atoms with van der Waals surface area (Å²) in [5.41, 5.74) is 17.2. The Hall–Kier alpha value is -7.63. The van der Waals surface area contributed by atoms with Gasteiger partial charge in [-0.1, -0.05) is 80.1 Å². The number of fused-ring (bicyclic) bond motifs is 7. The minimum Gasteiger partial charge on any atom is -0.400 e. The number of thioether (sulfide) groups is 1. The summed E-state index contributed by atoms with van der Waals surface area (Å²) in [6.07, 6.45) is 1.84. The number of benzene rings is 6.